The molecule has 3 aromatic rings. The van der Waals surface area contributed by atoms with Gasteiger partial charge in [-0.15, -0.1) is 0 Å². The molecule has 198 valence electrons. The lowest BCUT2D eigenvalue weighted by atomic mass is 9.87. The Balaban J connectivity index is 1.97. The van der Waals surface area contributed by atoms with Gasteiger partial charge in [0.15, 0.2) is 23.1 Å². The monoisotopic (exact) mass is 529 g/mol. The molecule has 3 aromatic carbocycles. The Morgan fingerprint density at radius 3 is 1.73 bits per heavy atom. The number of methoxy groups -OCH3 is 4. The fourth-order valence-electron chi connectivity index (χ4n) is 3.72. The number of hydrogen-bond donors (Lipinski definition) is 1. The van der Waals surface area contributed by atoms with Gasteiger partial charge in [-0.3, -0.25) is 4.72 Å². The summed E-state index contributed by atoms with van der Waals surface area (Å²) in [5, 5.41) is 0. The molecule has 1 N–H and O–H groups in total. The van der Waals surface area contributed by atoms with E-state index >= 15 is 0 Å². The molecule has 0 bridgehead atoms. The number of halogens is 1. The van der Waals surface area contributed by atoms with Gasteiger partial charge in [0.05, 0.1) is 39.0 Å². The van der Waals surface area contributed by atoms with Crippen LogP contribution < -0.4 is 23.7 Å². The van der Waals surface area contributed by atoms with Crippen molar-refractivity contribution in [3.05, 3.63) is 71.0 Å². The first-order valence-corrected chi connectivity index (χ1v) is 12.9. The Bertz CT molecular complexity index is 1370. The van der Waals surface area contributed by atoms with E-state index in [0.717, 1.165) is 5.56 Å². The van der Waals surface area contributed by atoms with Crippen LogP contribution in [-0.2, 0) is 15.4 Å². The number of sulfonamides is 1. The predicted octanol–water partition coefficient (Wildman–Crippen LogP) is 6.13. The van der Waals surface area contributed by atoms with Crippen LogP contribution in [0.4, 0.5) is 10.1 Å². The first-order chi connectivity index (χ1) is 17.4. The minimum atomic E-state index is -4.00. The maximum absolute atomic E-state index is 14.9. The highest BCUT2D eigenvalue weighted by Gasteiger charge is 2.21. The van der Waals surface area contributed by atoms with Crippen molar-refractivity contribution >= 4 is 27.9 Å². The Hall–Kier alpha value is -3.72. The lowest BCUT2D eigenvalue weighted by molar-refractivity contribution is 0.324. The number of benzene rings is 3. The van der Waals surface area contributed by atoms with Gasteiger partial charge in [-0.1, -0.05) is 45.1 Å². The maximum atomic E-state index is 14.9. The molecule has 9 heteroatoms. The van der Waals surface area contributed by atoms with Crippen LogP contribution in [0.1, 0.15) is 37.5 Å². The Labute approximate surface area is 217 Å². The molecule has 0 unspecified atom stereocenters. The summed E-state index contributed by atoms with van der Waals surface area (Å²) >= 11 is 0. The first kappa shape index (κ1) is 27.9. The zero-order valence-electron chi connectivity index (χ0n) is 22.0. The van der Waals surface area contributed by atoms with Crippen LogP contribution in [0.2, 0.25) is 0 Å². The molecular weight excluding hydrogens is 497 g/mol. The van der Waals surface area contributed by atoms with Gasteiger partial charge in [0.2, 0.25) is 5.75 Å². The van der Waals surface area contributed by atoms with E-state index in [1.165, 1.54) is 52.7 Å². The average molecular weight is 530 g/mol. The van der Waals surface area contributed by atoms with Gasteiger partial charge < -0.3 is 18.9 Å². The molecule has 37 heavy (non-hydrogen) atoms. The number of hydrogen-bond acceptors (Lipinski definition) is 6. The van der Waals surface area contributed by atoms with Crippen LogP contribution in [0.15, 0.2) is 53.4 Å². The number of nitrogens with one attached hydrogen (secondary N) is 1. The summed E-state index contributed by atoms with van der Waals surface area (Å²) in [5.74, 6) is 0.460. The molecule has 0 radical (unpaired) electrons. The molecule has 7 nitrogen and oxygen atoms in total. The highest BCUT2D eigenvalue weighted by Crippen LogP contribution is 2.39. The summed E-state index contributed by atoms with van der Waals surface area (Å²) in [6, 6.07) is 12.8. The number of ether oxygens (including phenoxy) is 4. The van der Waals surface area contributed by atoms with Crippen molar-refractivity contribution in [1.29, 1.82) is 0 Å². The lowest BCUT2D eigenvalue weighted by Gasteiger charge is -2.19. The van der Waals surface area contributed by atoms with Crippen molar-refractivity contribution in [1.82, 2.24) is 0 Å². The fraction of sp³-hybridized carbons (Fsp3) is 0.286. The van der Waals surface area contributed by atoms with E-state index in [9.17, 15) is 12.8 Å². The van der Waals surface area contributed by atoms with Crippen molar-refractivity contribution in [2.24, 2.45) is 0 Å². The minimum Gasteiger partial charge on any atom is -0.493 e. The van der Waals surface area contributed by atoms with Crippen molar-refractivity contribution in [2.75, 3.05) is 33.2 Å². The van der Waals surface area contributed by atoms with Crippen LogP contribution in [0, 0.1) is 5.82 Å². The molecule has 0 atom stereocenters. The van der Waals surface area contributed by atoms with E-state index in [2.05, 4.69) is 4.72 Å². The second-order valence-electron chi connectivity index (χ2n) is 9.26. The first-order valence-electron chi connectivity index (χ1n) is 11.4. The Morgan fingerprint density at radius 2 is 1.27 bits per heavy atom. The highest BCUT2D eigenvalue weighted by atomic mass is 32.2. The molecule has 0 fully saturated rings. The lowest BCUT2D eigenvalue weighted by Crippen LogP contribution is -2.15. The van der Waals surface area contributed by atoms with Gasteiger partial charge in [-0.05, 0) is 58.5 Å². The van der Waals surface area contributed by atoms with Crippen LogP contribution >= 0.6 is 0 Å². The molecule has 0 saturated carbocycles. The smallest absolute Gasteiger partial charge is 0.262 e. The van der Waals surface area contributed by atoms with Crippen LogP contribution in [0.5, 0.6) is 23.0 Å². The third-order valence-corrected chi connectivity index (χ3v) is 7.08. The van der Waals surface area contributed by atoms with Crippen molar-refractivity contribution in [2.45, 2.75) is 31.1 Å². The van der Waals surface area contributed by atoms with E-state index < -0.39 is 15.8 Å². The summed E-state index contributed by atoms with van der Waals surface area (Å²) in [4.78, 5) is 0.0568. The van der Waals surface area contributed by atoms with E-state index in [0.29, 0.717) is 28.4 Å². The molecule has 0 spiro atoms. The third kappa shape index (κ3) is 6.35. The zero-order valence-corrected chi connectivity index (χ0v) is 22.8. The minimum absolute atomic E-state index is 0.0214. The standard InChI is InChI=1S/C28H32FNO6S/c1-28(2,3)20-10-12-21(13-11-20)37(31,32)30-23-15-18(14-22(29)26(23)35-6)8-9-19-16-24(33-4)27(36-7)25(17-19)34-5/h8-17,30H,1-7H3/b9-8-. The molecule has 0 saturated heterocycles. The summed E-state index contributed by atoms with van der Waals surface area (Å²) in [6.45, 7) is 6.12. The second-order valence-corrected chi connectivity index (χ2v) is 10.9. The van der Waals surface area contributed by atoms with E-state index in [1.807, 2.05) is 20.8 Å². The van der Waals surface area contributed by atoms with Crippen LogP contribution in [0.25, 0.3) is 12.2 Å². The van der Waals surface area contributed by atoms with Gasteiger partial charge in [-0.25, -0.2) is 12.8 Å². The summed E-state index contributed by atoms with van der Waals surface area (Å²) < 4.78 is 64.7. The van der Waals surface area contributed by atoms with Crippen molar-refractivity contribution in [3.63, 3.8) is 0 Å². The van der Waals surface area contributed by atoms with Crippen molar-refractivity contribution < 1.29 is 31.8 Å². The number of rotatable bonds is 9. The van der Waals surface area contributed by atoms with Gasteiger partial charge in [0.1, 0.15) is 0 Å². The molecular formula is C28H32FNO6S. The average Bonchev–Trinajstić information content (AvgIpc) is 2.86. The Morgan fingerprint density at radius 1 is 0.757 bits per heavy atom. The quantitative estimate of drug-likeness (QED) is 0.336. The predicted molar refractivity (Wildman–Crippen MR) is 144 cm³/mol. The summed E-state index contributed by atoms with van der Waals surface area (Å²) in [7, 11) is 1.81. The maximum Gasteiger partial charge on any atom is 0.262 e. The van der Waals surface area contributed by atoms with E-state index in [4.69, 9.17) is 18.9 Å². The number of anilines is 1. The van der Waals surface area contributed by atoms with Crippen molar-refractivity contribution in [3.8, 4) is 23.0 Å². The second kappa shape index (κ2) is 11.1. The largest absolute Gasteiger partial charge is 0.493 e. The summed E-state index contributed by atoms with van der Waals surface area (Å²) in [6.07, 6.45) is 3.36. The fourth-order valence-corrected chi connectivity index (χ4v) is 4.78. The molecule has 0 aliphatic heterocycles. The topological polar surface area (TPSA) is 83.1 Å². The molecule has 0 aliphatic carbocycles. The third-order valence-electron chi connectivity index (χ3n) is 5.70. The molecule has 0 amide bonds. The van der Waals surface area contributed by atoms with E-state index in [1.54, 1.807) is 36.4 Å². The van der Waals surface area contributed by atoms with Gasteiger partial charge >= 0.3 is 0 Å². The van der Waals surface area contributed by atoms with Crippen LogP contribution in [0.3, 0.4) is 0 Å². The summed E-state index contributed by atoms with van der Waals surface area (Å²) in [5.41, 5.74) is 1.96. The van der Waals surface area contributed by atoms with Gasteiger partial charge in [0.25, 0.3) is 10.0 Å². The normalized spacial score (nSPS) is 11.9. The Kier molecular flexibility index (Phi) is 8.38. The molecule has 0 aliphatic rings. The highest BCUT2D eigenvalue weighted by molar-refractivity contribution is 7.92. The molecule has 0 heterocycles. The van der Waals surface area contributed by atoms with Gasteiger partial charge in [0, 0.05) is 0 Å². The van der Waals surface area contributed by atoms with Gasteiger partial charge in [-0.2, -0.15) is 0 Å². The molecule has 3 rings (SSSR count). The van der Waals surface area contributed by atoms with E-state index in [-0.39, 0.29) is 21.7 Å². The van der Waals surface area contributed by atoms with Crippen LogP contribution in [-0.4, -0.2) is 36.9 Å². The molecule has 0 aromatic heterocycles. The SMILES string of the molecule is COc1cc(/C=C\c2cc(F)c(OC)c(NS(=O)(=O)c3ccc(C(C)(C)C)cc3)c2)cc(OC)c1OC. The zero-order chi connectivity index (χ0) is 27.4.